The number of hydrogen-bond acceptors (Lipinski definition) is 3. The Morgan fingerprint density at radius 3 is 2.82 bits per heavy atom. The number of nitrogens with zero attached hydrogens (tertiary/aromatic N) is 1. The molecule has 1 fully saturated rings. The average Bonchev–Trinajstić information content (AvgIpc) is 3.02. The van der Waals surface area contributed by atoms with E-state index in [1.54, 1.807) is 0 Å². The topological polar surface area (TPSA) is 78.0 Å². The van der Waals surface area contributed by atoms with Crippen LogP contribution in [0.15, 0.2) is 6.07 Å². The number of carbonyl (C=O) groups is 1. The number of aromatic nitrogens is 2. The molecule has 5 heteroatoms. The van der Waals surface area contributed by atoms with Crippen LogP contribution in [0, 0.1) is 5.41 Å². The third-order valence-electron chi connectivity index (χ3n) is 4.62. The van der Waals surface area contributed by atoms with Gasteiger partial charge in [0.05, 0.1) is 0 Å². The first-order valence-corrected chi connectivity index (χ1v) is 8.46. The molecule has 1 heterocycles. The smallest absolute Gasteiger partial charge is 0.271 e. The lowest BCUT2D eigenvalue weighted by Crippen LogP contribution is -2.26. The van der Waals surface area contributed by atoms with Gasteiger partial charge in [-0.05, 0) is 37.2 Å². The molecule has 1 aliphatic carbocycles. The Kier molecular flexibility index (Phi) is 6.00. The number of H-pyrrole nitrogens is 1. The molecule has 0 aliphatic heterocycles. The van der Waals surface area contributed by atoms with Gasteiger partial charge in [0, 0.05) is 24.8 Å². The summed E-state index contributed by atoms with van der Waals surface area (Å²) in [5.41, 5.74) is 1.51. The van der Waals surface area contributed by atoms with Crippen molar-refractivity contribution in [3.8, 4) is 0 Å². The number of rotatable bonds is 7. The molecule has 0 spiro atoms. The number of carbonyl (C=O) groups excluding carboxylic acids is 1. The molecule has 0 aromatic carbocycles. The van der Waals surface area contributed by atoms with Crippen molar-refractivity contribution < 1.29 is 9.90 Å². The Morgan fingerprint density at radius 2 is 2.14 bits per heavy atom. The van der Waals surface area contributed by atoms with Crippen molar-refractivity contribution in [2.75, 3.05) is 13.2 Å². The molecule has 124 valence electrons. The second kappa shape index (κ2) is 7.77. The third kappa shape index (κ3) is 4.83. The summed E-state index contributed by atoms with van der Waals surface area (Å²) in [6, 6.07) is 1.91. The maximum atomic E-state index is 12.1. The molecule has 0 unspecified atom stereocenters. The molecular weight excluding hydrogens is 278 g/mol. The fourth-order valence-electron chi connectivity index (χ4n) is 3.01. The van der Waals surface area contributed by atoms with Crippen LogP contribution in [0.2, 0.25) is 0 Å². The molecule has 22 heavy (non-hydrogen) atoms. The number of amides is 1. The van der Waals surface area contributed by atoms with Crippen LogP contribution in [0.5, 0.6) is 0 Å². The van der Waals surface area contributed by atoms with Gasteiger partial charge in [-0.3, -0.25) is 9.89 Å². The minimum Gasteiger partial charge on any atom is -0.396 e. The van der Waals surface area contributed by atoms with Crippen LogP contribution in [0.25, 0.3) is 0 Å². The molecule has 1 aliphatic rings. The number of nitrogens with one attached hydrogen (secondary N) is 2. The van der Waals surface area contributed by atoms with E-state index in [9.17, 15) is 9.90 Å². The number of aliphatic hydroxyl groups excluding tert-OH is 1. The molecular formula is C17H29N3O2. The quantitative estimate of drug-likeness (QED) is 0.678. The van der Waals surface area contributed by atoms with Crippen LogP contribution in [-0.4, -0.2) is 34.4 Å². The number of hydrogen-bond donors (Lipinski definition) is 3. The summed E-state index contributed by atoms with van der Waals surface area (Å²) in [6.45, 7) is 4.84. The second-order valence-electron chi connectivity index (χ2n) is 7.23. The highest BCUT2D eigenvalue weighted by Crippen LogP contribution is 2.31. The fraction of sp³-hybridized carbons (Fsp3) is 0.765. The first kappa shape index (κ1) is 17.0. The van der Waals surface area contributed by atoms with Gasteiger partial charge in [-0.2, -0.15) is 5.10 Å². The standard InChI is InChI=1S/C17H29N3O2/c1-17(2,12-21)9-6-10-18-16(22)15-11-14(19-20-15)13-7-4-3-5-8-13/h11,13,21H,3-10,12H2,1-2H3,(H,18,22)(H,19,20). The molecule has 0 radical (unpaired) electrons. The molecule has 1 amide bonds. The Morgan fingerprint density at radius 1 is 1.41 bits per heavy atom. The minimum absolute atomic E-state index is 0.0782. The lowest BCUT2D eigenvalue weighted by atomic mass is 9.87. The molecule has 1 aromatic heterocycles. The summed E-state index contributed by atoms with van der Waals surface area (Å²) < 4.78 is 0. The Balaban J connectivity index is 1.77. The highest BCUT2D eigenvalue weighted by atomic mass is 16.3. The summed E-state index contributed by atoms with van der Waals surface area (Å²) >= 11 is 0. The first-order valence-electron chi connectivity index (χ1n) is 8.46. The summed E-state index contributed by atoms with van der Waals surface area (Å²) in [5, 5.41) is 19.3. The van der Waals surface area contributed by atoms with Gasteiger partial charge in [-0.25, -0.2) is 0 Å². The average molecular weight is 307 g/mol. The summed E-state index contributed by atoms with van der Waals surface area (Å²) in [5.74, 6) is 0.424. The van der Waals surface area contributed by atoms with Gasteiger partial charge in [0.15, 0.2) is 0 Å². The predicted octanol–water partition coefficient (Wildman–Crippen LogP) is 2.99. The van der Waals surface area contributed by atoms with Crippen LogP contribution in [0.4, 0.5) is 0 Å². The lowest BCUT2D eigenvalue weighted by Gasteiger charge is -2.21. The van der Waals surface area contributed by atoms with Crippen LogP contribution in [-0.2, 0) is 0 Å². The predicted molar refractivity (Wildman–Crippen MR) is 86.8 cm³/mol. The monoisotopic (exact) mass is 307 g/mol. The molecule has 1 saturated carbocycles. The minimum atomic E-state index is -0.111. The molecule has 0 bridgehead atoms. The zero-order valence-electron chi connectivity index (χ0n) is 13.8. The van der Waals surface area contributed by atoms with Crippen LogP contribution in [0.3, 0.4) is 0 Å². The van der Waals surface area contributed by atoms with E-state index < -0.39 is 0 Å². The Hall–Kier alpha value is -1.36. The third-order valence-corrected chi connectivity index (χ3v) is 4.62. The Bertz CT molecular complexity index is 476. The molecule has 0 saturated heterocycles. The SMILES string of the molecule is CC(C)(CO)CCCNC(=O)c1cc(C2CCCCC2)[nH]n1. The van der Waals surface area contributed by atoms with Gasteiger partial charge in [0.2, 0.25) is 0 Å². The van der Waals surface area contributed by atoms with E-state index in [-0.39, 0.29) is 17.9 Å². The highest BCUT2D eigenvalue weighted by Gasteiger charge is 2.20. The summed E-state index contributed by atoms with van der Waals surface area (Å²) in [4.78, 5) is 12.1. The molecule has 5 nitrogen and oxygen atoms in total. The van der Waals surface area contributed by atoms with Crippen molar-refractivity contribution in [2.24, 2.45) is 5.41 Å². The second-order valence-corrected chi connectivity index (χ2v) is 7.23. The van der Waals surface area contributed by atoms with Crippen molar-refractivity contribution in [2.45, 2.75) is 64.7 Å². The van der Waals surface area contributed by atoms with Crippen molar-refractivity contribution in [1.29, 1.82) is 0 Å². The fourth-order valence-corrected chi connectivity index (χ4v) is 3.01. The molecule has 2 rings (SSSR count). The van der Waals surface area contributed by atoms with E-state index in [0.29, 0.717) is 18.2 Å². The highest BCUT2D eigenvalue weighted by molar-refractivity contribution is 5.92. The van der Waals surface area contributed by atoms with Crippen molar-refractivity contribution in [1.82, 2.24) is 15.5 Å². The lowest BCUT2D eigenvalue weighted by molar-refractivity contribution is 0.0943. The largest absolute Gasteiger partial charge is 0.396 e. The normalized spacial score (nSPS) is 16.7. The van der Waals surface area contributed by atoms with E-state index in [1.165, 1.54) is 32.1 Å². The zero-order chi connectivity index (χ0) is 16.0. The van der Waals surface area contributed by atoms with Crippen molar-refractivity contribution >= 4 is 5.91 Å². The number of aliphatic hydroxyl groups is 1. The zero-order valence-corrected chi connectivity index (χ0v) is 13.8. The van der Waals surface area contributed by atoms with E-state index in [2.05, 4.69) is 15.5 Å². The van der Waals surface area contributed by atoms with Gasteiger partial charge >= 0.3 is 0 Å². The van der Waals surface area contributed by atoms with Gasteiger partial charge in [0.25, 0.3) is 5.91 Å². The molecule has 1 aromatic rings. The van der Waals surface area contributed by atoms with Gasteiger partial charge in [0.1, 0.15) is 5.69 Å². The van der Waals surface area contributed by atoms with Gasteiger partial charge < -0.3 is 10.4 Å². The van der Waals surface area contributed by atoms with Crippen molar-refractivity contribution in [3.63, 3.8) is 0 Å². The van der Waals surface area contributed by atoms with Crippen LogP contribution < -0.4 is 5.32 Å². The van der Waals surface area contributed by atoms with E-state index >= 15 is 0 Å². The van der Waals surface area contributed by atoms with Crippen molar-refractivity contribution in [3.05, 3.63) is 17.5 Å². The maximum Gasteiger partial charge on any atom is 0.271 e. The van der Waals surface area contributed by atoms with Gasteiger partial charge in [-0.15, -0.1) is 0 Å². The van der Waals surface area contributed by atoms with Crippen LogP contribution in [0.1, 0.15) is 80.9 Å². The van der Waals surface area contributed by atoms with Crippen LogP contribution >= 0.6 is 0 Å². The number of aromatic amines is 1. The summed E-state index contributed by atoms with van der Waals surface area (Å²) in [6.07, 6.45) is 8.00. The van der Waals surface area contributed by atoms with E-state index in [4.69, 9.17) is 0 Å². The van der Waals surface area contributed by atoms with E-state index in [1.807, 2.05) is 19.9 Å². The molecule has 0 atom stereocenters. The first-order chi connectivity index (χ1) is 10.5. The van der Waals surface area contributed by atoms with Gasteiger partial charge in [-0.1, -0.05) is 33.1 Å². The Labute approximate surface area is 132 Å². The van der Waals surface area contributed by atoms with E-state index in [0.717, 1.165) is 18.5 Å². The maximum absolute atomic E-state index is 12.1. The molecule has 3 N–H and O–H groups in total. The summed E-state index contributed by atoms with van der Waals surface area (Å²) in [7, 11) is 0.